The number of carboxylic acid groups (broad SMARTS) is 1. The molecule has 31 heavy (non-hydrogen) atoms. The molecule has 0 aromatic carbocycles. The predicted octanol–water partition coefficient (Wildman–Crippen LogP) is 3.95. The summed E-state index contributed by atoms with van der Waals surface area (Å²) in [5.74, 6) is -1.09. The van der Waals surface area contributed by atoms with E-state index in [0.29, 0.717) is 19.6 Å². The SMILES string of the molecule is CC(C)(OCCC(=O)N1CCc2c(n(Cc3cc(Cl)cs3)c3ncccc23)C1)C(=O)O. The fraction of sp³-hybridized carbons (Fsp3) is 0.409. The number of thiophene rings is 1. The van der Waals surface area contributed by atoms with E-state index >= 15 is 0 Å². The highest BCUT2D eigenvalue weighted by Crippen LogP contribution is 2.32. The monoisotopic (exact) mass is 461 g/mol. The van der Waals surface area contributed by atoms with E-state index in [-0.39, 0.29) is 18.9 Å². The molecule has 1 amide bonds. The normalized spacial score (nSPS) is 14.1. The summed E-state index contributed by atoms with van der Waals surface area (Å²) >= 11 is 7.72. The Labute approximate surface area is 189 Å². The lowest BCUT2D eigenvalue weighted by Crippen LogP contribution is -2.39. The van der Waals surface area contributed by atoms with Gasteiger partial charge in [-0.25, -0.2) is 9.78 Å². The van der Waals surface area contributed by atoms with E-state index in [0.717, 1.165) is 33.0 Å². The molecule has 0 radical (unpaired) electrons. The quantitative estimate of drug-likeness (QED) is 0.575. The second kappa shape index (κ2) is 8.61. The highest BCUT2D eigenvalue weighted by Gasteiger charge is 2.30. The van der Waals surface area contributed by atoms with Crippen LogP contribution in [0.1, 0.15) is 36.4 Å². The first-order valence-electron chi connectivity index (χ1n) is 10.1. The van der Waals surface area contributed by atoms with Gasteiger partial charge in [-0.2, -0.15) is 0 Å². The maximum Gasteiger partial charge on any atom is 0.335 e. The fourth-order valence-corrected chi connectivity index (χ4v) is 4.91. The van der Waals surface area contributed by atoms with E-state index in [1.165, 1.54) is 19.4 Å². The Bertz CT molecular complexity index is 1140. The number of carbonyl (C=O) groups excluding carboxylic acids is 1. The van der Waals surface area contributed by atoms with Crippen LogP contribution in [0.4, 0.5) is 0 Å². The van der Waals surface area contributed by atoms with Crippen molar-refractivity contribution in [1.29, 1.82) is 0 Å². The van der Waals surface area contributed by atoms with Crippen LogP contribution >= 0.6 is 22.9 Å². The average Bonchev–Trinajstić information content (AvgIpc) is 3.29. The molecule has 1 aliphatic heterocycles. The van der Waals surface area contributed by atoms with Gasteiger partial charge in [0, 0.05) is 34.1 Å². The van der Waals surface area contributed by atoms with Crippen molar-refractivity contribution in [3.05, 3.63) is 50.9 Å². The molecule has 0 bridgehead atoms. The lowest BCUT2D eigenvalue weighted by molar-refractivity contribution is -0.162. The molecule has 1 N–H and O–H groups in total. The number of carbonyl (C=O) groups is 2. The summed E-state index contributed by atoms with van der Waals surface area (Å²) in [5.41, 5.74) is 1.93. The second-order valence-electron chi connectivity index (χ2n) is 8.10. The van der Waals surface area contributed by atoms with E-state index in [2.05, 4.69) is 15.6 Å². The van der Waals surface area contributed by atoms with E-state index in [4.69, 9.17) is 21.4 Å². The molecule has 7 nitrogen and oxygen atoms in total. The van der Waals surface area contributed by atoms with E-state index in [1.807, 2.05) is 22.4 Å². The van der Waals surface area contributed by atoms with Crippen molar-refractivity contribution in [3.63, 3.8) is 0 Å². The lowest BCUT2D eigenvalue weighted by Gasteiger charge is -2.29. The maximum absolute atomic E-state index is 12.8. The van der Waals surface area contributed by atoms with Gasteiger partial charge in [-0.1, -0.05) is 11.6 Å². The standard InChI is InChI=1S/C22H24ClN3O4S/c1-22(2,21(28)29)30-9-6-19(27)25-8-5-16-17-4-3-7-24-20(17)26(18(16)12-25)11-15-10-14(23)13-31-15/h3-4,7,10,13H,5-6,8-9,11-12H2,1-2H3,(H,28,29). The Morgan fingerprint density at radius 1 is 1.39 bits per heavy atom. The van der Waals surface area contributed by atoms with Crippen molar-refractivity contribution >= 4 is 45.8 Å². The molecule has 164 valence electrons. The molecule has 0 atom stereocenters. The van der Waals surface area contributed by atoms with Gasteiger partial charge in [0.05, 0.1) is 31.1 Å². The summed E-state index contributed by atoms with van der Waals surface area (Å²) in [6.45, 7) is 4.79. The molecule has 0 saturated carbocycles. The number of halogens is 1. The summed E-state index contributed by atoms with van der Waals surface area (Å²) < 4.78 is 7.58. The molecular formula is C22H24ClN3O4S. The number of amides is 1. The molecule has 0 saturated heterocycles. The van der Waals surface area contributed by atoms with Crippen LogP contribution in [0.15, 0.2) is 29.8 Å². The first-order valence-corrected chi connectivity index (χ1v) is 11.3. The summed E-state index contributed by atoms with van der Waals surface area (Å²) in [4.78, 5) is 31.5. The van der Waals surface area contributed by atoms with E-state index in [9.17, 15) is 9.59 Å². The Kier molecular flexibility index (Phi) is 6.05. The highest BCUT2D eigenvalue weighted by atomic mass is 35.5. The van der Waals surface area contributed by atoms with E-state index in [1.54, 1.807) is 17.5 Å². The Morgan fingerprint density at radius 2 is 2.19 bits per heavy atom. The van der Waals surface area contributed by atoms with Gasteiger partial charge in [0.25, 0.3) is 0 Å². The number of pyridine rings is 1. The molecule has 3 aromatic rings. The van der Waals surface area contributed by atoms with Crippen LogP contribution in [0, 0.1) is 0 Å². The average molecular weight is 462 g/mol. The minimum atomic E-state index is -1.31. The van der Waals surface area contributed by atoms with Gasteiger partial charge >= 0.3 is 5.97 Å². The lowest BCUT2D eigenvalue weighted by atomic mass is 10.0. The summed E-state index contributed by atoms with van der Waals surface area (Å²) in [7, 11) is 0. The molecule has 3 aromatic heterocycles. The van der Waals surface area contributed by atoms with Gasteiger partial charge in [0.15, 0.2) is 5.60 Å². The zero-order valence-electron chi connectivity index (χ0n) is 17.4. The Hall–Kier alpha value is -2.42. The first kappa shape index (κ1) is 21.8. The Balaban J connectivity index is 1.54. The number of hydrogen-bond donors (Lipinski definition) is 1. The summed E-state index contributed by atoms with van der Waals surface area (Å²) in [6.07, 6.45) is 2.68. The number of ether oxygens (including phenoxy) is 1. The molecule has 0 spiro atoms. The smallest absolute Gasteiger partial charge is 0.335 e. The zero-order chi connectivity index (χ0) is 22.2. The maximum atomic E-state index is 12.8. The van der Waals surface area contributed by atoms with Gasteiger partial charge < -0.3 is 19.3 Å². The van der Waals surface area contributed by atoms with Gasteiger partial charge in [0.2, 0.25) is 5.91 Å². The van der Waals surface area contributed by atoms with Crippen LogP contribution in [-0.2, 0) is 33.8 Å². The molecule has 0 aliphatic carbocycles. The van der Waals surface area contributed by atoms with Crippen molar-refractivity contribution < 1.29 is 19.4 Å². The van der Waals surface area contributed by atoms with Crippen LogP contribution in [-0.4, -0.2) is 50.2 Å². The van der Waals surface area contributed by atoms with Crippen molar-refractivity contribution in [2.24, 2.45) is 0 Å². The molecule has 1 aliphatic rings. The largest absolute Gasteiger partial charge is 0.479 e. The van der Waals surface area contributed by atoms with Crippen LogP contribution in [0.25, 0.3) is 11.0 Å². The first-order chi connectivity index (χ1) is 14.8. The molecule has 0 unspecified atom stereocenters. The van der Waals surface area contributed by atoms with Gasteiger partial charge in [-0.15, -0.1) is 11.3 Å². The number of aromatic nitrogens is 2. The topological polar surface area (TPSA) is 84.7 Å². The number of nitrogens with zero attached hydrogens (tertiary/aromatic N) is 3. The van der Waals surface area contributed by atoms with Crippen molar-refractivity contribution in [3.8, 4) is 0 Å². The minimum Gasteiger partial charge on any atom is -0.479 e. The fourth-order valence-electron chi connectivity index (χ4n) is 3.85. The third-order valence-corrected chi connectivity index (χ3v) is 6.87. The van der Waals surface area contributed by atoms with Crippen molar-refractivity contribution in [2.75, 3.05) is 13.2 Å². The molecule has 9 heteroatoms. The predicted molar refractivity (Wildman–Crippen MR) is 120 cm³/mol. The van der Waals surface area contributed by atoms with Gasteiger partial charge in [0.1, 0.15) is 5.65 Å². The highest BCUT2D eigenvalue weighted by molar-refractivity contribution is 7.10. The molecule has 0 fully saturated rings. The van der Waals surface area contributed by atoms with Crippen LogP contribution in [0.5, 0.6) is 0 Å². The van der Waals surface area contributed by atoms with Crippen molar-refractivity contribution in [2.45, 2.75) is 45.4 Å². The summed E-state index contributed by atoms with van der Waals surface area (Å²) in [6, 6.07) is 5.98. The molecule has 4 heterocycles. The molecule has 4 rings (SSSR count). The number of fused-ring (bicyclic) bond motifs is 3. The Morgan fingerprint density at radius 3 is 2.90 bits per heavy atom. The molecular weight excluding hydrogens is 438 g/mol. The van der Waals surface area contributed by atoms with Crippen LogP contribution in [0.3, 0.4) is 0 Å². The number of hydrogen-bond acceptors (Lipinski definition) is 5. The summed E-state index contributed by atoms with van der Waals surface area (Å²) in [5, 5.41) is 12.9. The van der Waals surface area contributed by atoms with Crippen molar-refractivity contribution in [1.82, 2.24) is 14.5 Å². The van der Waals surface area contributed by atoms with Crippen LogP contribution < -0.4 is 0 Å². The third-order valence-electron chi connectivity index (χ3n) is 5.60. The number of aliphatic carboxylic acids is 1. The second-order valence-corrected chi connectivity index (χ2v) is 9.53. The van der Waals surface area contributed by atoms with Crippen LogP contribution in [0.2, 0.25) is 5.02 Å². The van der Waals surface area contributed by atoms with E-state index < -0.39 is 11.6 Å². The van der Waals surface area contributed by atoms with Gasteiger partial charge in [-0.05, 0) is 44.0 Å². The zero-order valence-corrected chi connectivity index (χ0v) is 19.0. The van der Waals surface area contributed by atoms with Gasteiger partial charge in [-0.3, -0.25) is 4.79 Å². The number of rotatable bonds is 7. The number of carboxylic acids is 1. The third kappa shape index (κ3) is 4.46. The minimum absolute atomic E-state index is 0.0456.